The van der Waals surface area contributed by atoms with Crippen LogP contribution in [-0.2, 0) is 22.9 Å². The molecule has 12 nitrogen and oxygen atoms in total. The first-order valence-electron chi connectivity index (χ1n) is 10.3. The molecule has 0 spiro atoms. The predicted octanol–water partition coefficient (Wildman–Crippen LogP) is 2.94. The maximum Gasteiger partial charge on any atom is 0.530 e. The molecule has 0 saturated carbocycles. The van der Waals surface area contributed by atoms with Crippen LogP contribution in [0.3, 0.4) is 0 Å². The Bertz CT molecular complexity index is 1370. The van der Waals surface area contributed by atoms with Crippen molar-refractivity contribution in [2.45, 2.75) is 31.0 Å². The second-order valence-corrected chi connectivity index (χ2v) is 10.5. The van der Waals surface area contributed by atoms with Crippen LogP contribution in [0.15, 0.2) is 36.9 Å². The van der Waals surface area contributed by atoms with Crippen LogP contribution in [0.4, 0.5) is 5.82 Å². The van der Waals surface area contributed by atoms with E-state index in [1.54, 1.807) is 24.3 Å². The number of hydrogen-bond donors (Lipinski definition) is 3. The zero-order chi connectivity index (χ0) is 25.0. The Morgan fingerprint density at radius 2 is 2.11 bits per heavy atom. The van der Waals surface area contributed by atoms with Crippen molar-refractivity contribution < 1.29 is 33.1 Å². The van der Waals surface area contributed by atoms with Gasteiger partial charge in [0.05, 0.1) is 29.6 Å². The highest BCUT2D eigenvalue weighted by Crippen LogP contribution is 2.56. The summed E-state index contributed by atoms with van der Waals surface area (Å²) < 4.78 is 36.6. The highest BCUT2D eigenvalue weighted by Gasteiger charge is 2.54. The summed E-state index contributed by atoms with van der Waals surface area (Å²) in [6.45, 7) is 0.923. The number of phosphoric acid groups is 1. The first-order chi connectivity index (χ1) is 16.6. The van der Waals surface area contributed by atoms with Crippen LogP contribution in [0, 0.1) is 0 Å². The Morgan fingerprint density at radius 1 is 1.31 bits per heavy atom. The molecular formula is C20H20Cl2N5O7P. The number of fused-ring (bicyclic) bond motifs is 1. The van der Waals surface area contributed by atoms with Gasteiger partial charge in [0.25, 0.3) is 0 Å². The first kappa shape index (κ1) is 24.4. The molecule has 0 amide bonds. The van der Waals surface area contributed by atoms with Gasteiger partial charge in [0.2, 0.25) is 0 Å². The topological polar surface area (TPSA) is 164 Å². The van der Waals surface area contributed by atoms with Crippen molar-refractivity contribution in [3.05, 3.63) is 52.5 Å². The van der Waals surface area contributed by atoms with E-state index >= 15 is 0 Å². The SMILES string of the molecule is C[C@@]1(O)[C@H](O)[C@@H](COP2(=O)OCC=C(c3ccc(Cl)c(Cl)c3)O2)O[C@H]1n1cnc2c(N)ncnc21. The minimum absolute atomic E-state index is 0.0522. The standard InChI is InChI=1S/C20H20Cl2N5O7P/c1-20(29)16(28)14(33-19(20)27-9-26-15-17(23)24-8-25-18(15)27)7-32-35(30)31-5-4-13(34-35)10-2-3-11(21)12(22)6-10/h2-4,6,8-9,14,16,19,28-29H,5,7H2,1H3,(H2,23,24,25)/t14-,16-,19-,20-,35?/m1/s1. The van der Waals surface area contributed by atoms with Crippen LogP contribution < -0.4 is 5.73 Å². The van der Waals surface area contributed by atoms with Gasteiger partial charge in [0.15, 0.2) is 17.7 Å². The van der Waals surface area contributed by atoms with Crippen LogP contribution in [0.5, 0.6) is 0 Å². The molecule has 186 valence electrons. The number of ether oxygens (including phenoxy) is 1. The van der Waals surface area contributed by atoms with Crippen molar-refractivity contribution in [1.29, 1.82) is 0 Å². The summed E-state index contributed by atoms with van der Waals surface area (Å²) in [6, 6.07) is 4.78. The largest absolute Gasteiger partial charge is 0.530 e. The molecule has 2 aliphatic rings. The Morgan fingerprint density at radius 3 is 2.89 bits per heavy atom. The summed E-state index contributed by atoms with van der Waals surface area (Å²) in [5.41, 5.74) is 5.19. The van der Waals surface area contributed by atoms with E-state index in [0.717, 1.165) is 0 Å². The fourth-order valence-electron chi connectivity index (χ4n) is 3.86. The predicted molar refractivity (Wildman–Crippen MR) is 125 cm³/mol. The van der Waals surface area contributed by atoms with Crippen molar-refractivity contribution in [2.24, 2.45) is 0 Å². The van der Waals surface area contributed by atoms with Crippen molar-refractivity contribution in [2.75, 3.05) is 18.9 Å². The number of aromatic nitrogens is 4. The lowest BCUT2D eigenvalue weighted by molar-refractivity contribution is -0.0950. The number of nitrogens with zero attached hydrogens (tertiary/aromatic N) is 4. The lowest BCUT2D eigenvalue weighted by Crippen LogP contribution is -2.44. The number of rotatable bonds is 5. The maximum atomic E-state index is 13.1. The second-order valence-electron chi connectivity index (χ2n) is 8.11. The number of nitrogens with two attached hydrogens (primary N) is 1. The van der Waals surface area contributed by atoms with Crippen molar-refractivity contribution in [3.63, 3.8) is 0 Å². The summed E-state index contributed by atoms with van der Waals surface area (Å²) >= 11 is 12.0. The highest BCUT2D eigenvalue weighted by atomic mass is 35.5. The van der Waals surface area contributed by atoms with Crippen molar-refractivity contribution in [3.8, 4) is 0 Å². The number of benzene rings is 1. The van der Waals surface area contributed by atoms with Crippen LogP contribution in [-0.4, -0.2) is 60.8 Å². The van der Waals surface area contributed by atoms with E-state index in [0.29, 0.717) is 26.8 Å². The lowest BCUT2D eigenvalue weighted by Gasteiger charge is -2.27. The Balaban J connectivity index is 1.31. The minimum atomic E-state index is -4.08. The van der Waals surface area contributed by atoms with Crippen LogP contribution in [0.1, 0.15) is 18.7 Å². The highest BCUT2D eigenvalue weighted by molar-refractivity contribution is 7.48. The number of aliphatic hydroxyl groups excluding tert-OH is 1. The van der Waals surface area contributed by atoms with E-state index in [-0.39, 0.29) is 18.2 Å². The van der Waals surface area contributed by atoms with Gasteiger partial charge in [-0.25, -0.2) is 19.5 Å². The summed E-state index contributed by atoms with van der Waals surface area (Å²) in [5.74, 6) is 0.389. The van der Waals surface area contributed by atoms with Gasteiger partial charge in [0, 0.05) is 5.56 Å². The summed E-state index contributed by atoms with van der Waals surface area (Å²) in [7, 11) is -4.08. The Labute approximate surface area is 208 Å². The molecule has 0 aliphatic carbocycles. The molecule has 2 aromatic heterocycles. The van der Waals surface area contributed by atoms with Crippen molar-refractivity contribution in [1.82, 2.24) is 19.5 Å². The van der Waals surface area contributed by atoms with E-state index in [1.807, 2.05) is 0 Å². The lowest BCUT2D eigenvalue weighted by atomic mass is 9.96. The molecule has 1 unspecified atom stereocenters. The summed E-state index contributed by atoms with van der Waals surface area (Å²) in [6.07, 6.45) is 0.562. The molecule has 1 saturated heterocycles. The fourth-order valence-corrected chi connectivity index (χ4v) is 5.34. The average Bonchev–Trinajstić information content (AvgIpc) is 3.34. The molecular weight excluding hydrogens is 524 g/mol. The first-order valence-corrected chi connectivity index (χ1v) is 12.5. The zero-order valence-corrected chi connectivity index (χ0v) is 20.5. The monoisotopic (exact) mass is 543 g/mol. The van der Waals surface area contributed by atoms with E-state index in [9.17, 15) is 14.8 Å². The van der Waals surface area contributed by atoms with Gasteiger partial charge in [-0.05, 0) is 31.2 Å². The Kier molecular flexibility index (Phi) is 6.27. The van der Waals surface area contributed by atoms with Gasteiger partial charge in [-0.15, -0.1) is 0 Å². The third-order valence-corrected chi connectivity index (χ3v) is 7.80. The average molecular weight is 544 g/mol. The van der Waals surface area contributed by atoms with Gasteiger partial charge in [0.1, 0.15) is 35.4 Å². The number of nitrogen functional groups attached to an aromatic ring is 1. The van der Waals surface area contributed by atoms with E-state index in [1.165, 1.54) is 24.1 Å². The molecule has 3 aromatic rings. The molecule has 2 aliphatic heterocycles. The summed E-state index contributed by atoms with van der Waals surface area (Å²) in [5, 5.41) is 22.4. The van der Waals surface area contributed by atoms with Crippen molar-refractivity contribution >= 4 is 53.8 Å². The number of aliphatic hydroxyl groups is 2. The number of imidazole rings is 1. The maximum absolute atomic E-state index is 13.1. The molecule has 1 aromatic carbocycles. The number of halogens is 2. The third-order valence-electron chi connectivity index (χ3n) is 5.71. The smallest absolute Gasteiger partial charge is 0.404 e. The molecule has 35 heavy (non-hydrogen) atoms. The second kappa shape index (κ2) is 8.99. The van der Waals surface area contributed by atoms with Gasteiger partial charge in [-0.3, -0.25) is 13.6 Å². The van der Waals surface area contributed by atoms with Gasteiger partial charge >= 0.3 is 7.82 Å². The minimum Gasteiger partial charge on any atom is -0.404 e. The molecule has 5 atom stereocenters. The molecule has 0 bridgehead atoms. The molecule has 1 fully saturated rings. The normalized spacial score (nSPS) is 30.9. The summed E-state index contributed by atoms with van der Waals surface area (Å²) in [4.78, 5) is 12.2. The zero-order valence-electron chi connectivity index (χ0n) is 18.1. The van der Waals surface area contributed by atoms with Crippen LogP contribution in [0.25, 0.3) is 16.9 Å². The van der Waals surface area contributed by atoms with E-state index in [2.05, 4.69) is 15.0 Å². The molecule has 5 rings (SSSR count). The molecule has 15 heteroatoms. The van der Waals surface area contributed by atoms with Crippen LogP contribution >= 0.6 is 31.0 Å². The van der Waals surface area contributed by atoms with E-state index in [4.69, 9.17) is 47.2 Å². The molecule has 4 N–H and O–H groups in total. The van der Waals surface area contributed by atoms with Crippen LogP contribution in [0.2, 0.25) is 10.0 Å². The Hall–Kier alpha value is -2.28. The van der Waals surface area contributed by atoms with E-state index < -0.39 is 38.5 Å². The quantitative estimate of drug-likeness (QED) is 0.405. The van der Waals surface area contributed by atoms with Gasteiger partial charge < -0.3 is 25.2 Å². The number of hydrogen-bond acceptors (Lipinski definition) is 11. The fraction of sp³-hybridized carbons (Fsp3) is 0.350. The molecule has 4 heterocycles. The molecule has 0 radical (unpaired) electrons. The van der Waals surface area contributed by atoms with Gasteiger partial charge in [-0.2, -0.15) is 0 Å². The number of anilines is 1. The third kappa shape index (κ3) is 4.41. The van der Waals surface area contributed by atoms with Gasteiger partial charge in [-0.1, -0.05) is 23.2 Å². The number of phosphoric ester groups is 1.